The average molecular weight is 359 g/mol. The molecule has 3 rings (SSSR count). The Balaban J connectivity index is 0.00000121. The Labute approximate surface area is 149 Å². The lowest BCUT2D eigenvalue weighted by atomic mass is 9.96. The highest BCUT2D eigenvalue weighted by molar-refractivity contribution is 7.10. The Morgan fingerprint density at radius 3 is 2.45 bits per heavy atom. The van der Waals surface area contributed by atoms with Crippen LogP contribution in [-0.2, 0) is 0 Å². The molecule has 1 aliphatic heterocycles. The SMILES string of the molecule is Cc1ccc(C)c([C@@H](c2cccs2)N2CCNCC2)c1.Cl.Cl. The molecule has 1 atom stereocenters. The molecule has 1 N–H and O–H groups in total. The number of halogens is 2. The monoisotopic (exact) mass is 358 g/mol. The molecule has 0 unspecified atom stereocenters. The van der Waals surface area contributed by atoms with Crippen molar-refractivity contribution < 1.29 is 0 Å². The quantitative estimate of drug-likeness (QED) is 0.884. The van der Waals surface area contributed by atoms with Crippen molar-refractivity contribution in [2.24, 2.45) is 0 Å². The summed E-state index contributed by atoms with van der Waals surface area (Å²) in [6, 6.07) is 11.7. The molecule has 1 saturated heterocycles. The van der Waals surface area contributed by atoms with Gasteiger partial charge in [0.1, 0.15) is 0 Å². The van der Waals surface area contributed by atoms with Crippen LogP contribution in [0, 0.1) is 13.8 Å². The summed E-state index contributed by atoms with van der Waals surface area (Å²) in [5.74, 6) is 0. The van der Waals surface area contributed by atoms with Crippen molar-refractivity contribution in [3.05, 3.63) is 57.3 Å². The number of nitrogens with zero attached hydrogens (tertiary/aromatic N) is 1. The predicted octanol–water partition coefficient (Wildman–Crippen LogP) is 4.20. The van der Waals surface area contributed by atoms with Crippen LogP contribution in [0.1, 0.15) is 27.6 Å². The molecule has 122 valence electrons. The van der Waals surface area contributed by atoms with E-state index >= 15 is 0 Å². The first-order chi connectivity index (χ1) is 9.75. The summed E-state index contributed by atoms with van der Waals surface area (Å²) in [4.78, 5) is 4.07. The molecule has 0 amide bonds. The van der Waals surface area contributed by atoms with Crippen LogP contribution in [0.4, 0.5) is 0 Å². The molecule has 1 aromatic heterocycles. The van der Waals surface area contributed by atoms with Crippen molar-refractivity contribution in [2.45, 2.75) is 19.9 Å². The van der Waals surface area contributed by atoms with Gasteiger partial charge in [-0.25, -0.2) is 0 Å². The maximum atomic E-state index is 3.45. The molecule has 2 heterocycles. The van der Waals surface area contributed by atoms with E-state index in [1.165, 1.54) is 21.6 Å². The standard InChI is InChI=1S/C17H22N2S.2ClH/c1-13-5-6-14(2)15(12-13)17(16-4-3-11-20-16)19-9-7-18-8-10-19;;/h3-6,11-12,17-18H,7-10H2,1-2H3;2*1H/t17-;;/m0../s1. The van der Waals surface area contributed by atoms with Gasteiger partial charge in [-0.15, -0.1) is 36.2 Å². The van der Waals surface area contributed by atoms with Gasteiger partial charge in [-0.2, -0.15) is 0 Å². The minimum atomic E-state index is 0. The highest BCUT2D eigenvalue weighted by atomic mass is 35.5. The third-order valence-electron chi connectivity index (χ3n) is 4.06. The van der Waals surface area contributed by atoms with E-state index in [0.717, 1.165) is 26.2 Å². The summed E-state index contributed by atoms with van der Waals surface area (Å²) in [6.07, 6.45) is 0. The lowest BCUT2D eigenvalue weighted by Crippen LogP contribution is -2.45. The molecule has 2 aromatic rings. The number of piperazine rings is 1. The number of nitrogens with one attached hydrogen (secondary N) is 1. The molecule has 5 heteroatoms. The van der Waals surface area contributed by atoms with E-state index in [-0.39, 0.29) is 24.8 Å². The van der Waals surface area contributed by atoms with Crippen molar-refractivity contribution in [3.63, 3.8) is 0 Å². The van der Waals surface area contributed by atoms with Crippen LogP contribution in [0.25, 0.3) is 0 Å². The van der Waals surface area contributed by atoms with Crippen molar-refractivity contribution in [1.29, 1.82) is 0 Å². The molecule has 2 nitrogen and oxygen atoms in total. The second-order valence-electron chi connectivity index (χ2n) is 5.56. The molecular weight excluding hydrogens is 335 g/mol. The van der Waals surface area contributed by atoms with Crippen molar-refractivity contribution in [2.75, 3.05) is 26.2 Å². The maximum Gasteiger partial charge on any atom is 0.0699 e. The Kier molecular flexibility index (Phi) is 7.87. The molecule has 0 bridgehead atoms. The lowest BCUT2D eigenvalue weighted by Gasteiger charge is -2.35. The van der Waals surface area contributed by atoms with Gasteiger partial charge in [0.15, 0.2) is 0 Å². The fourth-order valence-electron chi connectivity index (χ4n) is 2.97. The predicted molar refractivity (Wildman–Crippen MR) is 101 cm³/mol. The normalized spacial score (nSPS) is 16.5. The summed E-state index contributed by atoms with van der Waals surface area (Å²) < 4.78 is 0. The fourth-order valence-corrected chi connectivity index (χ4v) is 3.85. The van der Waals surface area contributed by atoms with E-state index < -0.39 is 0 Å². The zero-order valence-corrected chi connectivity index (χ0v) is 15.5. The number of rotatable bonds is 3. The Morgan fingerprint density at radius 1 is 1.09 bits per heavy atom. The van der Waals surface area contributed by atoms with Gasteiger partial charge in [0.05, 0.1) is 6.04 Å². The topological polar surface area (TPSA) is 15.3 Å². The van der Waals surface area contributed by atoms with Crippen molar-refractivity contribution in [1.82, 2.24) is 10.2 Å². The van der Waals surface area contributed by atoms with Crippen molar-refractivity contribution in [3.8, 4) is 0 Å². The van der Waals surface area contributed by atoms with Crippen LogP contribution in [0.3, 0.4) is 0 Å². The summed E-state index contributed by atoms with van der Waals surface area (Å²) in [5.41, 5.74) is 4.21. The van der Waals surface area contributed by atoms with E-state index in [9.17, 15) is 0 Å². The minimum Gasteiger partial charge on any atom is -0.314 e. The van der Waals surface area contributed by atoms with Crippen LogP contribution >= 0.6 is 36.2 Å². The number of aryl methyl sites for hydroxylation is 2. The summed E-state index contributed by atoms with van der Waals surface area (Å²) >= 11 is 1.87. The fraction of sp³-hybridized carbons (Fsp3) is 0.412. The molecule has 0 radical (unpaired) electrons. The number of hydrogen-bond donors (Lipinski definition) is 1. The van der Waals surface area contributed by atoms with Gasteiger partial charge in [0, 0.05) is 31.1 Å². The van der Waals surface area contributed by atoms with Crippen LogP contribution in [0.15, 0.2) is 35.7 Å². The maximum absolute atomic E-state index is 3.45. The minimum absolute atomic E-state index is 0. The van der Waals surface area contributed by atoms with Crippen LogP contribution in [0.2, 0.25) is 0 Å². The number of hydrogen-bond acceptors (Lipinski definition) is 3. The highest BCUT2D eigenvalue weighted by Crippen LogP contribution is 2.34. The van der Waals surface area contributed by atoms with E-state index in [1.54, 1.807) is 0 Å². The zero-order chi connectivity index (χ0) is 13.9. The molecule has 1 aliphatic rings. The Morgan fingerprint density at radius 2 is 1.82 bits per heavy atom. The van der Waals surface area contributed by atoms with Gasteiger partial charge < -0.3 is 5.32 Å². The lowest BCUT2D eigenvalue weighted by molar-refractivity contribution is 0.200. The zero-order valence-electron chi connectivity index (χ0n) is 13.0. The highest BCUT2D eigenvalue weighted by Gasteiger charge is 2.25. The molecule has 0 saturated carbocycles. The number of thiophene rings is 1. The molecule has 22 heavy (non-hydrogen) atoms. The van der Waals surface area contributed by atoms with E-state index in [2.05, 4.69) is 59.8 Å². The van der Waals surface area contributed by atoms with E-state index in [0.29, 0.717) is 6.04 Å². The Bertz CT molecular complexity index is 566. The first kappa shape index (κ1) is 19.5. The second kappa shape index (κ2) is 8.90. The third kappa shape index (κ3) is 4.24. The van der Waals surface area contributed by atoms with Crippen LogP contribution < -0.4 is 5.32 Å². The largest absolute Gasteiger partial charge is 0.314 e. The van der Waals surface area contributed by atoms with Gasteiger partial charge in [0.2, 0.25) is 0 Å². The average Bonchev–Trinajstić information content (AvgIpc) is 2.98. The molecule has 1 fully saturated rings. The molecule has 1 aromatic carbocycles. The van der Waals surface area contributed by atoms with Crippen LogP contribution in [0.5, 0.6) is 0 Å². The first-order valence-corrected chi connectivity index (χ1v) is 8.19. The smallest absolute Gasteiger partial charge is 0.0699 e. The molecule has 0 spiro atoms. The van der Waals surface area contributed by atoms with Gasteiger partial charge in [-0.3, -0.25) is 4.90 Å². The van der Waals surface area contributed by atoms with Gasteiger partial charge >= 0.3 is 0 Å². The van der Waals surface area contributed by atoms with Crippen LogP contribution in [-0.4, -0.2) is 31.1 Å². The number of benzene rings is 1. The van der Waals surface area contributed by atoms with Crippen molar-refractivity contribution >= 4 is 36.2 Å². The van der Waals surface area contributed by atoms with E-state index in [4.69, 9.17) is 0 Å². The summed E-state index contributed by atoms with van der Waals surface area (Å²) in [6.45, 7) is 8.84. The first-order valence-electron chi connectivity index (χ1n) is 7.31. The summed E-state index contributed by atoms with van der Waals surface area (Å²) in [7, 11) is 0. The summed E-state index contributed by atoms with van der Waals surface area (Å²) in [5, 5.41) is 5.64. The molecule has 0 aliphatic carbocycles. The van der Waals surface area contributed by atoms with E-state index in [1.807, 2.05) is 11.3 Å². The van der Waals surface area contributed by atoms with Gasteiger partial charge in [-0.05, 0) is 36.4 Å². The molecular formula is C17H24Cl2N2S. The van der Waals surface area contributed by atoms with Gasteiger partial charge in [0.25, 0.3) is 0 Å². The Hall–Kier alpha value is -0.580. The third-order valence-corrected chi connectivity index (χ3v) is 4.98. The van der Waals surface area contributed by atoms with Gasteiger partial charge in [-0.1, -0.05) is 29.8 Å². The second-order valence-corrected chi connectivity index (χ2v) is 6.54.